The van der Waals surface area contributed by atoms with E-state index in [1.807, 2.05) is 12.5 Å². The number of nitrogens with one attached hydrogen (secondary N) is 1. The number of aryl methyl sites for hydroxylation is 1. The maximum absolute atomic E-state index is 4.50. The van der Waals surface area contributed by atoms with Crippen molar-refractivity contribution in [1.29, 1.82) is 0 Å². The summed E-state index contributed by atoms with van der Waals surface area (Å²) in [5.41, 5.74) is 2.49. The second-order valence-corrected chi connectivity index (χ2v) is 3.88. The molecule has 0 fully saturated rings. The Balaban J connectivity index is 2.32. The van der Waals surface area contributed by atoms with Crippen LogP contribution in [0.5, 0.6) is 0 Å². The van der Waals surface area contributed by atoms with Gasteiger partial charge in [0.2, 0.25) is 0 Å². The van der Waals surface area contributed by atoms with Gasteiger partial charge in [0, 0.05) is 24.0 Å². The number of rotatable bonds is 1. The van der Waals surface area contributed by atoms with E-state index in [4.69, 9.17) is 0 Å². The third-order valence-corrected chi connectivity index (χ3v) is 2.76. The Bertz CT molecular complexity index is 301. The molecule has 3 nitrogen and oxygen atoms in total. The lowest BCUT2D eigenvalue weighted by Crippen LogP contribution is -2.12. The van der Waals surface area contributed by atoms with Crippen molar-refractivity contribution in [2.75, 3.05) is 12.8 Å². The summed E-state index contributed by atoms with van der Waals surface area (Å²) in [5, 5.41) is 4.24. The van der Waals surface area contributed by atoms with E-state index in [1.165, 1.54) is 17.7 Å². The summed E-state index contributed by atoms with van der Waals surface area (Å²) in [6.07, 6.45) is 6.22. The van der Waals surface area contributed by atoms with Crippen LogP contribution in [-0.4, -0.2) is 22.8 Å². The Kier molecular flexibility index (Phi) is 2.80. The number of hydrogen-bond donors (Lipinski definition) is 1. The molecule has 1 aromatic heterocycles. The van der Waals surface area contributed by atoms with Gasteiger partial charge in [-0.3, -0.25) is 0 Å². The molecular weight excluding hydrogens is 182 g/mol. The van der Waals surface area contributed by atoms with Gasteiger partial charge in [-0.2, -0.15) is 0 Å². The Morgan fingerprint density at radius 3 is 3.31 bits per heavy atom. The molecule has 0 aliphatic carbocycles. The molecule has 0 atom stereocenters. The Morgan fingerprint density at radius 2 is 2.46 bits per heavy atom. The summed E-state index contributed by atoms with van der Waals surface area (Å²) in [7, 11) is 0. The van der Waals surface area contributed by atoms with Crippen LogP contribution >= 0.6 is 11.8 Å². The highest BCUT2D eigenvalue weighted by molar-refractivity contribution is 7.98. The topological polar surface area (TPSA) is 37.8 Å². The Hall–Kier alpha value is -0.610. The van der Waals surface area contributed by atoms with E-state index in [1.54, 1.807) is 11.8 Å². The fourth-order valence-corrected chi connectivity index (χ4v) is 1.85. The minimum Gasteiger partial charge on any atom is -0.313 e. The molecule has 2 rings (SSSR count). The van der Waals surface area contributed by atoms with Crippen molar-refractivity contribution in [3.8, 4) is 0 Å². The van der Waals surface area contributed by atoms with Crippen molar-refractivity contribution < 1.29 is 0 Å². The molecule has 1 aromatic rings. The van der Waals surface area contributed by atoms with E-state index in [0.717, 1.165) is 24.7 Å². The van der Waals surface area contributed by atoms with Crippen molar-refractivity contribution in [2.24, 2.45) is 0 Å². The first kappa shape index (κ1) is 8.97. The molecule has 1 N–H and O–H groups in total. The predicted molar refractivity (Wildman–Crippen MR) is 53.8 cm³/mol. The fourth-order valence-electron chi connectivity index (χ4n) is 1.49. The highest BCUT2D eigenvalue weighted by atomic mass is 32.2. The van der Waals surface area contributed by atoms with Gasteiger partial charge in [0.1, 0.15) is 0 Å². The number of fused-ring (bicyclic) bond motifs is 1. The van der Waals surface area contributed by atoms with E-state index in [2.05, 4.69) is 15.3 Å². The van der Waals surface area contributed by atoms with Gasteiger partial charge in [-0.1, -0.05) is 11.8 Å². The number of hydrogen-bond acceptors (Lipinski definition) is 4. The smallest absolute Gasteiger partial charge is 0.187 e. The van der Waals surface area contributed by atoms with Crippen LogP contribution in [-0.2, 0) is 13.0 Å². The molecule has 13 heavy (non-hydrogen) atoms. The lowest BCUT2D eigenvalue weighted by Gasteiger charge is -2.04. The van der Waals surface area contributed by atoms with Gasteiger partial charge in [0.25, 0.3) is 0 Å². The van der Waals surface area contributed by atoms with Crippen molar-refractivity contribution in [1.82, 2.24) is 15.3 Å². The number of nitrogens with zero attached hydrogens (tertiary/aromatic N) is 2. The molecule has 0 unspecified atom stereocenters. The van der Waals surface area contributed by atoms with Gasteiger partial charge in [0.05, 0.1) is 0 Å². The largest absolute Gasteiger partial charge is 0.313 e. The lowest BCUT2D eigenvalue weighted by atomic mass is 10.2. The van der Waals surface area contributed by atoms with Crippen LogP contribution in [0.2, 0.25) is 0 Å². The quantitative estimate of drug-likeness (QED) is 0.540. The molecule has 0 amide bonds. The van der Waals surface area contributed by atoms with Crippen molar-refractivity contribution in [2.45, 2.75) is 24.5 Å². The summed E-state index contributed by atoms with van der Waals surface area (Å²) >= 11 is 1.61. The van der Waals surface area contributed by atoms with E-state index in [0.29, 0.717) is 0 Å². The minimum atomic E-state index is 0.889. The second-order valence-electron chi connectivity index (χ2n) is 3.11. The summed E-state index contributed by atoms with van der Waals surface area (Å²) < 4.78 is 0. The van der Waals surface area contributed by atoms with Gasteiger partial charge >= 0.3 is 0 Å². The molecule has 2 heterocycles. The first-order chi connectivity index (χ1) is 6.40. The van der Waals surface area contributed by atoms with Crippen LogP contribution in [0.15, 0.2) is 11.4 Å². The van der Waals surface area contributed by atoms with E-state index in [9.17, 15) is 0 Å². The molecule has 0 bridgehead atoms. The molecule has 0 spiro atoms. The molecule has 0 saturated carbocycles. The summed E-state index contributed by atoms with van der Waals surface area (Å²) in [4.78, 5) is 8.77. The predicted octanol–water partition coefficient (Wildman–Crippen LogP) is 1.23. The van der Waals surface area contributed by atoms with Crippen LogP contribution in [0.4, 0.5) is 0 Å². The molecular formula is C9H13N3S. The van der Waals surface area contributed by atoms with Crippen molar-refractivity contribution in [3.63, 3.8) is 0 Å². The number of aromatic nitrogens is 2. The van der Waals surface area contributed by atoms with Crippen LogP contribution < -0.4 is 5.32 Å². The molecule has 70 valence electrons. The molecule has 1 aliphatic heterocycles. The maximum Gasteiger partial charge on any atom is 0.187 e. The highest BCUT2D eigenvalue weighted by Gasteiger charge is 2.09. The molecule has 0 aromatic carbocycles. The van der Waals surface area contributed by atoms with Crippen molar-refractivity contribution >= 4 is 11.8 Å². The van der Waals surface area contributed by atoms with E-state index < -0.39 is 0 Å². The Labute approximate surface area is 82.4 Å². The first-order valence-electron chi connectivity index (χ1n) is 4.49. The summed E-state index contributed by atoms with van der Waals surface area (Å²) in [6, 6.07) is 0. The van der Waals surface area contributed by atoms with Crippen LogP contribution in [0.3, 0.4) is 0 Å². The number of thioether (sulfide) groups is 1. The minimum absolute atomic E-state index is 0.889. The maximum atomic E-state index is 4.50. The molecule has 4 heteroatoms. The van der Waals surface area contributed by atoms with Crippen LogP contribution in [0.25, 0.3) is 0 Å². The van der Waals surface area contributed by atoms with Crippen molar-refractivity contribution in [3.05, 3.63) is 17.5 Å². The SMILES string of the molecule is CSc1ncc2c(n1)CCCNC2. The third kappa shape index (κ3) is 2.00. The second kappa shape index (κ2) is 4.07. The first-order valence-corrected chi connectivity index (χ1v) is 5.72. The Morgan fingerprint density at radius 1 is 1.54 bits per heavy atom. The zero-order valence-corrected chi connectivity index (χ0v) is 8.52. The standard InChI is InChI=1S/C9H13N3S/c1-13-9-11-6-7-5-10-4-2-3-8(7)12-9/h6,10H,2-5H2,1H3. The third-order valence-electron chi connectivity index (χ3n) is 2.20. The molecule has 0 radical (unpaired) electrons. The zero-order valence-electron chi connectivity index (χ0n) is 7.71. The van der Waals surface area contributed by atoms with Crippen LogP contribution in [0.1, 0.15) is 17.7 Å². The summed E-state index contributed by atoms with van der Waals surface area (Å²) in [5.74, 6) is 0. The molecule has 1 aliphatic rings. The molecule has 0 saturated heterocycles. The lowest BCUT2D eigenvalue weighted by molar-refractivity contribution is 0.679. The zero-order chi connectivity index (χ0) is 9.10. The van der Waals surface area contributed by atoms with Gasteiger partial charge in [0.15, 0.2) is 5.16 Å². The van der Waals surface area contributed by atoms with Crippen LogP contribution in [0, 0.1) is 0 Å². The summed E-state index contributed by atoms with van der Waals surface area (Å²) in [6.45, 7) is 2.01. The van der Waals surface area contributed by atoms with E-state index in [-0.39, 0.29) is 0 Å². The monoisotopic (exact) mass is 195 g/mol. The van der Waals surface area contributed by atoms with Gasteiger partial charge < -0.3 is 5.32 Å². The normalized spacial score (nSPS) is 16.4. The van der Waals surface area contributed by atoms with Gasteiger partial charge in [-0.25, -0.2) is 9.97 Å². The average molecular weight is 195 g/mol. The van der Waals surface area contributed by atoms with E-state index >= 15 is 0 Å². The van der Waals surface area contributed by atoms with Gasteiger partial charge in [-0.05, 0) is 25.6 Å². The fraction of sp³-hybridized carbons (Fsp3) is 0.556. The average Bonchev–Trinajstić information content (AvgIpc) is 2.41. The van der Waals surface area contributed by atoms with Gasteiger partial charge in [-0.15, -0.1) is 0 Å². The highest BCUT2D eigenvalue weighted by Crippen LogP contribution is 2.15.